The van der Waals surface area contributed by atoms with E-state index in [1.807, 2.05) is 34.1 Å². The van der Waals surface area contributed by atoms with E-state index in [4.69, 9.17) is 9.47 Å². The van der Waals surface area contributed by atoms with Crippen molar-refractivity contribution in [1.29, 1.82) is 0 Å². The van der Waals surface area contributed by atoms with Gasteiger partial charge in [-0.2, -0.15) is 0 Å². The summed E-state index contributed by atoms with van der Waals surface area (Å²) in [6, 6.07) is 7.39. The standard InChI is InChI=1S/C17H20N2O4/c1-22-13-5-3-2-4-12(13)10-15(20)18-7-6-17-14(18)11-16(21)19(17)8-9-23-17/h2-5,14H,6-11H2,1H3/t14-,17+/m1/s1. The van der Waals surface area contributed by atoms with Crippen LogP contribution in [0.25, 0.3) is 0 Å². The Hall–Kier alpha value is -2.08. The number of carbonyl (C=O) groups is 2. The van der Waals surface area contributed by atoms with Crippen LogP contribution in [0.2, 0.25) is 0 Å². The smallest absolute Gasteiger partial charge is 0.227 e. The number of amides is 2. The van der Waals surface area contributed by atoms with Crippen molar-refractivity contribution in [2.75, 3.05) is 26.8 Å². The number of carbonyl (C=O) groups excluding carboxylic acids is 2. The second kappa shape index (κ2) is 5.23. The largest absolute Gasteiger partial charge is 0.496 e. The number of para-hydroxylation sites is 1. The van der Waals surface area contributed by atoms with Gasteiger partial charge in [0, 0.05) is 25.1 Å². The second-order valence-electron chi connectivity index (χ2n) is 6.28. The van der Waals surface area contributed by atoms with Gasteiger partial charge in [-0.25, -0.2) is 0 Å². The summed E-state index contributed by atoms with van der Waals surface area (Å²) in [6.45, 7) is 1.85. The first kappa shape index (κ1) is 14.5. The Labute approximate surface area is 134 Å². The highest BCUT2D eigenvalue weighted by atomic mass is 16.5. The summed E-state index contributed by atoms with van der Waals surface area (Å²) in [6.07, 6.45) is 1.36. The molecule has 3 heterocycles. The molecule has 0 saturated carbocycles. The van der Waals surface area contributed by atoms with E-state index in [-0.39, 0.29) is 24.3 Å². The third-order valence-electron chi connectivity index (χ3n) is 5.26. The van der Waals surface area contributed by atoms with Gasteiger partial charge in [-0.1, -0.05) is 18.2 Å². The number of rotatable bonds is 3. The van der Waals surface area contributed by atoms with Crippen molar-refractivity contribution >= 4 is 11.8 Å². The lowest BCUT2D eigenvalue weighted by atomic mass is 10.1. The number of nitrogens with zero attached hydrogens (tertiary/aromatic N) is 2. The Morgan fingerprint density at radius 1 is 1.39 bits per heavy atom. The Balaban J connectivity index is 1.55. The van der Waals surface area contributed by atoms with Crippen LogP contribution in [0.4, 0.5) is 0 Å². The minimum Gasteiger partial charge on any atom is -0.496 e. The molecular weight excluding hydrogens is 296 g/mol. The number of benzene rings is 1. The SMILES string of the molecule is COc1ccccc1CC(=O)N1CC[C@@]23OCCN2C(=O)C[C@@H]13. The Morgan fingerprint density at radius 3 is 3.04 bits per heavy atom. The molecule has 1 aromatic rings. The first-order valence-electron chi connectivity index (χ1n) is 8.01. The molecule has 3 fully saturated rings. The number of ether oxygens (including phenoxy) is 2. The van der Waals surface area contributed by atoms with Crippen LogP contribution in [-0.2, 0) is 20.7 Å². The summed E-state index contributed by atoms with van der Waals surface area (Å²) in [4.78, 5) is 28.6. The zero-order valence-corrected chi connectivity index (χ0v) is 13.2. The molecule has 3 aliphatic rings. The maximum atomic E-state index is 12.8. The minimum atomic E-state index is -0.562. The van der Waals surface area contributed by atoms with Gasteiger partial charge in [-0.3, -0.25) is 9.59 Å². The zero-order valence-electron chi connectivity index (χ0n) is 13.2. The first-order valence-corrected chi connectivity index (χ1v) is 8.01. The molecule has 3 saturated heterocycles. The molecule has 0 unspecified atom stereocenters. The van der Waals surface area contributed by atoms with Crippen molar-refractivity contribution < 1.29 is 19.1 Å². The monoisotopic (exact) mass is 316 g/mol. The summed E-state index contributed by atoms with van der Waals surface area (Å²) in [5, 5.41) is 0. The first-order chi connectivity index (χ1) is 11.2. The molecule has 0 aromatic heterocycles. The maximum Gasteiger partial charge on any atom is 0.227 e. The fourth-order valence-corrected chi connectivity index (χ4v) is 4.20. The van der Waals surface area contributed by atoms with E-state index in [2.05, 4.69) is 0 Å². The van der Waals surface area contributed by atoms with Crippen molar-refractivity contribution in [3.05, 3.63) is 29.8 Å². The average molecular weight is 316 g/mol. The highest BCUT2D eigenvalue weighted by Crippen LogP contribution is 2.45. The fourth-order valence-electron chi connectivity index (χ4n) is 4.20. The van der Waals surface area contributed by atoms with Crippen LogP contribution in [0, 0.1) is 0 Å². The molecule has 4 rings (SSSR count). The molecule has 23 heavy (non-hydrogen) atoms. The van der Waals surface area contributed by atoms with Crippen molar-refractivity contribution in [3.8, 4) is 5.75 Å². The van der Waals surface area contributed by atoms with Gasteiger partial charge in [-0.15, -0.1) is 0 Å². The van der Waals surface area contributed by atoms with Crippen LogP contribution in [0.1, 0.15) is 18.4 Å². The lowest BCUT2D eigenvalue weighted by molar-refractivity contribution is -0.139. The highest BCUT2D eigenvalue weighted by Gasteiger charge is 2.62. The molecule has 1 spiro atoms. The normalized spacial score (nSPS) is 28.9. The van der Waals surface area contributed by atoms with Crippen LogP contribution >= 0.6 is 0 Å². The Kier molecular flexibility index (Phi) is 3.30. The molecule has 122 valence electrons. The summed E-state index contributed by atoms with van der Waals surface area (Å²) in [5.74, 6) is 0.847. The van der Waals surface area contributed by atoms with E-state index in [0.717, 1.165) is 11.3 Å². The summed E-state index contributed by atoms with van der Waals surface area (Å²) >= 11 is 0. The van der Waals surface area contributed by atoms with Gasteiger partial charge in [-0.05, 0) is 6.07 Å². The van der Waals surface area contributed by atoms with Crippen molar-refractivity contribution in [3.63, 3.8) is 0 Å². The number of hydrogen-bond acceptors (Lipinski definition) is 4. The van der Waals surface area contributed by atoms with Gasteiger partial charge in [0.2, 0.25) is 11.8 Å². The number of likely N-dealkylation sites (tertiary alicyclic amines) is 1. The van der Waals surface area contributed by atoms with Gasteiger partial charge in [0.1, 0.15) is 5.75 Å². The fraction of sp³-hybridized carbons (Fsp3) is 0.529. The predicted octanol–water partition coefficient (Wildman–Crippen LogP) is 0.797. The van der Waals surface area contributed by atoms with Gasteiger partial charge in [0.05, 0.1) is 32.6 Å². The van der Waals surface area contributed by atoms with E-state index in [9.17, 15) is 9.59 Å². The number of methoxy groups -OCH3 is 1. The second-order valence-corrected chi connectivity index (χ2v) is 6.28. The number of hydrogen-bond donors (Lipinski definition) is 0. The predicted molar refractivity (Wildman–Crippen MR) is 81.8 cm³/mol. The maximum absolute atomic E-state index is 12.8. The molecule has 0 aliphatic carbocycles. The van der Waals surface area contributed by atoms with E-state index in [1.165, 1.54) is 0 Å². The van der Waals surface area contributed by atoms with Crippen molar-refractivity contribution in [2.45, 2.75) is 31.0 Å². The average Bonchev–Trinajstić information content (AvgIpc) is 3.19. The Bertz CT molecular complexity index is 662. The summed E-state index contributed by atoms with van der Waals surface area (Å²) < 4.78 is 11.2. The molecule has 0 bridgehead atoms. The molecule has 0 N–H and O–H groups in total. The molecule has 0 radical (unpaired) electrons. The van der Waals surface area contributed by atoms with Gasteiger partial charge in [0.15, 0.2) is 5.72 Å². The van der Waals surface area contributed by atoms with Crippen molar-refractivity contribution in [2.24, 2.45) is 0 Å². The van der Waals surface area contributed by atoms with Gasteiger partial charge >= 0.3 is 0 Å². The topological polar surface area (TPSA) is 59.1 Å². The van der Waals surface area contributed by atoms with Crippen LogP contribution in [0.3, 0.4) is 0 Å². The van der Waals surface area contributed by atoms with Crippen LogP contribution in [-0.4, -0.2) is 60.2 Å². The van der Waals surface area contributed by atoms with E-state index in [0.29, 0.717) is 32.5 Å². The van der Waals surface area contributed by atoms with Crippen LogP contribution in [0.5, 0.6) is 5.75 Å². The summed E-state index contributed by atoms with van der Waals surface area (Å²) in [7, 11) is 1.61. The van der Waals surface area contributed by atoms with Crippen LogP contribution in [0.15, 0.2) is 24.3 Å². The Morgan fingerprint density at radius 2 is 2.22 bits per heavy atom. The summed E-state index contributed by atoms with van der Waals surface area (Å²) in [5.41, 5.74) is 0.308. The molecular formula is C17H20N2O4. The van der Waals surface area contributed by atoms with E-state index >= 15 is 0 Å². The van der Waals surface area contributed by atoms with Gasteiger partial charge in [0.25, 0.3) is 0 Å². The molecule has 6 nitrogen and oxygen atoms in total. The third kappa shape index (κ3) is 2.05. The highest BCUT2D eigenvalue weighted by molar-refractivity contribution is 5.85. The van der Waals surface area contributed by atoms with Crippen molar-refractivity contribution in [1.82, 2.24) is 9.80 Å². The van der Waals surface area contributed by atoms with Crippen LogP contribution < -0.4 is 4.74 Å². The lowest BCUT2D eigenvalue weighted by Crippen LogP contribution is -2.49. The van der Waals surface area contributed by atoms with Gasteiger partial charge < -0.3 is 19.3 Å². The molecule has 1 aromatic carbocycles. The van der Waals surface area contributed by atoms with E-state index < -0.39 is 5.72 Å². The third-order valence-corrected chi connectivity index (χ3v) is 5.26. The zero-order chi connectivity index (χ0) is 16.0. The molecule has 2 atom stereocenters. The minimum absolute atomic E-state index is 0.0292. The lowest BCUT2D eigenvalue weighted by Gasteiger charge is -2.31. The molecule has 3 aliphatic heterocycles. The quantitative estimate of drug-likeness (QED) is 0.827. The van der Waals surface area contributed by atoms with E-state index in [1.54, 1.807) is 7.11 Å². The molecule has 6 heteroatoms. The molecule has 2 amide bonds.